The van der Waals surface area contributed by atoms with Gasteiger partial charge in [-0.3, -0.25) is 9.59 Å². The third kappa shape index (κ3) is 3.15. The Labute approximate surface area is 143 Å². The number of H-pyrrole nitrogens is 1. The molecule has 2 heterocycles. The lowest BCUT2D eigenvalue weighted by atomic mass is 10.1. The summed E-state index contributed by atoms with van der Waals surface area (Å²) in [5.74, 6) is -1.67. The van der Waals surface area contributed by atoms with Crippen LogP contribution in [0.25, 0.3) is 10.9 Å². The second-order valence-electron chi connectivity index (χ2n) is 4.87. The Balaban J connectivity index is 1.98. The standard InChI is InChI=1S/C15H10ClN3O4S/c16-9-3-7-5-10(15(22)23)12(20)19-11(7)8(4-9)6-18-13(21)14-17-1-2-24-14/h1-5H,6H2,(H,18,21)(H,19,20)(H,22,23). The molecule has 0 aliphatic rings. The number of carboxylic acid groups (broad SMARTS) is 1. The van der Waals surface area contributed by atoms with Crippen molar-refractivity contribution in [1.29, 1.82) is 0 Å². The van der Waals surface area contributed by atoms with E-state index in [0.29, 0.717) is 26.5 Å². The zero-order valence-electron chi connectivity index (χ0n) is 12.0. The number of carbonyl (C=O) groups excluding carboxylic acids is 1. The van der Waals surface area contributed by atoms with Gasteiger partial charge in [0.1, 0.15) is 5.56 Å². The average Bonchev–Trinajstić information content (AvgIpc) is 3.06. The van der Waals surface area contributed by atoms with E-state index in [4.69, 9.17) is 16.7 Å². The maximum atomic E-state index is 12.0. The van der Waals surface area contributed by atoms with Gasteiger partial charge < -0.3 is 15.4 Å². The Morgan fingerprint density at radius 2 is 2.12 bits per heavy atom. The van der Waals surface area contributed by atoms with Crippen LogP contribution in [-0.2, 0) is 6.54 Å². The summed E-state index contributed by atoms with van der Waals surface area (Å²) >= 11 is 7.26. The minimum Gasteiger partial charge on any atom is -0.477 e. The summed E-state index contributed by atoms with van der Waals surface area (Å²) in [5, 5.41) is 14.6. The van der Waals surface area contributed by atoms with Gasteiger partial charge in [0.15, 0.2) is 5.01 Å². The third-order valence-electron chi connectivity index (χ3n) is 3.29. The van der Waals surface area contributed by atoms with Gasteiger partial charge in [0.2, 0.25) is 0 Å². The molecule has 0 aliphatic heterocycles. The average molecular weight is 364 g/mol. The molecule has 0 radical (unpaired) electrons. The SMILES string of the molecule is O=C(NCc1cc(Cl)cc2cc(C(=O)O)c(=O)[nH]c12)c1nccs1. The predicted octanol–water partition coefficient (Wildman–Crippen LogP) is 2.27. The number of nitrogens with zero attached hydrogens (tertiary/aromatic N) is 1. The number of aromatic amines is 1. The fourth-order valence-corrected chi connectivity index (χ4v) is 3.04. The van der Waals surface area contributed by atoms with E-state index in [1.807, 2.05) is 0 Å². The minimum atomic E-state index is -1.32. The Morgan fingerprint density at radius 1 is 1.33 bits per heavy atom. The molecule has 9 heteroatoms. The molecule has 122 valence electrons. The van der Waals surface area contributed by atoms with Gasteiger partial charge in [-0.05, 0) is 23.8 Å². The molecule has 1 aromatic carbocycles. The lowest BCUT2D eigenvalue weighted by Gasteiger charge is -2.09. The normalized spacial score (nSPS) is 10.7. The van der Waals surface area contributed by atoms with E-state index in [9.17, 15) is 14.4 Å². The number of thiazole rings is 1. The summed E-state index contributed by atoms with van der Waals surface area (Å²) in [6.07, 6.45) is 1.53. The molecule has 2 aromatic heterocycles. The predicted molar refractivity (Wildman–Crippen MR) is 89.8 cm³/mol. The molecule has 0 saturated heterocycles. The van der Waals surface area contributed by atoms with Crippen molar-refractivity contribution in [1.82, 2.24) is 15.3 Å². The fourth-order valence-electron chi connectivity index (χ4n) is 2.24. The first-order valence-electron chi connectivity index (χ1n) is 6.72. The highest BCUT2D eigenvalue weighted by molar-refractivity contribution is 7.11. The summed E-state index contributed by atoms with van der Waals surface area (Å²) in [4.78, 5) is 41.3. The highest BCUT2D eigenvalue weighted by Crippen LogP contribution is 2.22. The number of hydrogen-bond acceptors (Lipinski definition) is 5. The number of pyridine rings is 1. The van der Waals surface area contributed by atoms with Crippen LogP contribution in [0.4, 0.5) is 0 Å². The number of carboxylic acids is 1. The molecule has 3 aromatic rings. The summed E-state index contributed by atoms with van der Waals surface area (Å²) in [6.45, 7) is 0.109. The number of hydrogen-bond donors (Lipinski definition) is 3. The van der Waals surface area contributed by atoms with E-state index in [0.717, 1.165) is 0 Å². The zero-order chi connectivity index (χ0) is 17.3. The topological polar surface area (TPSA) is 112 Å². The number of rotatable bonds is 4. The van der Waals surface area contributed by atoms with Crippen molar-refractivity contribution in [2.45, 2.75) is 6.54 Å². The second kappa shape index (κ2) is 6.42. The molecule has 3 N–H and O–H groups in total. The molecule has 3 rings (SSSR count). The van der Waals surface area contributed by atoms with Crippen molar-refractivity contribution < 1.29 is 14.7 Å². The number of aromatic nitrogens is 2. The van der Waals surface area contributed by atoms with Gasteiger partial charge in [0.25, 0.3) is 11.5 Å². The van der Waals surface area contributed by atoms with Crippen LogP contribution < -0.4 is 10.9 Å². The zero-order valence-corrected chi connectivity index (χ0v) is 13.6. The number of halogens is 1. The summed E-state index contributed by atoms with van der Waals surface area (Å²) in [5.41, 5.74) is -0.0994. The van der Waals surface area contributed by atoms with Crippen molar-refractivity contribution in [3.8, 4) is 0 Å². The van der Waals surface area contributed by atoms with Gasteiger partial charge in [-0.1, -0.05) is 11.6 Å². The number of carbonyl (C=O) groups is 2. The molecule has 0 saturated carbocycles. The third-order valence-corrected chi connectivity index (χ3v) is 4.28. The monoisotopic (exact) mass is 363 g/mol. The number of fused-ring (bicyclic) bond motifs is 1. The highest BCUT2D eigenvalue weighted by Gasteiger charge is 2.14. The van der Waals surface area contributed by atoms with Crippen molar-refractivity contribution in [2.75, 3.05) is 0 Å². The van der Waals surface area contributed by atoms with Crippen LogP contribution in [0.2, 0.25) is 5.02 Å². The van der Waals surface area contributed by atoms with Crippen LogP contribution in [0.3, 0.4) is 0 Å². The highest BCUT2D eigenvalue weighted by atomic mass is 35.5. The minimum absolute atomic E-state index is 0.109. The lowest BCUT2D eigenvalue weighted by Crippen LogP contribution is -2.23. The smallest absolute Gasteiger partial charge is 0.341 e. The Bertz CT molecular complexity index is 998. The van der Waals surface area contributed by atoms with Crippen molar-refractivity contribution >= 4 is 45.7 Å². The van der Waals surface area contributed by atoms with Crippen LogP contribution >= 0.6 is 22.9 Å². The number of nitrogens with one attached hydrogen (secondary N) is 2. The summed E-state index contributed by atoms with van der Waals surface area (Å²) in [6, 6.07) is 4.41. The number of benzene rings is 1. The van der Waals surface area contributed by atoms with E-state index >= 15 is 0 Å². The van der Waals surface area contributed by atoms with E-state index in [1.165, 1.54) is 23.6 Å². The van der Waals surface area contributed by atoms with E-state index < -0.39 is 11.5 Å². The maximum Gasteiger partial charge on any atom is 0.341 e. The Morgan fingerprint density at radius 3 is 2.79 bits per heavy atom. The molecule has 0 atom stereocenters. The summed E-state index contributed by atoms with van der Waals surface area (Å²) < 4.78 is 0. The van der Waals surface area contributed by atoms with Crippen LogP contribution in [-0.4, -0.2) is 27.0 Å². The van der Waals surface area contributed by atoms with Gasteiger partial charge in [-0.15, -0.1) is 11.3 Å². The van der Waals surface area contributed by atoms with Crippen molar-refractivity contribution in [3.05, 3.63) is 61.3 Å². The molecule has 0 spiro atoms. The molecular weight excluding hydrogens is 354 g/mol. The van der Waals surface area contributed by atoms with Gasteiger partial charge >= 0.3 is 5.97 Å². The van der Waals surface area contributed by atoms with E-state index in [1.54, 1.807) is 17.5 Å². The van der Waals surface area contributed by atoms with Gasteiger partial charge in [-0.2, -0.15) is 0 Å². The molecular formula is C15H10ClN3O4S. The number of aromatic carboxylic acids is 1. The Hall–Kier alpha value is -2.71. The molecule has 24 heavy (non-hydrogen) atoms. The Kier molecular flexibility index (Phi) is 4.32. The van der Waals surface area contributed by atoms with Crippen LogP contribution in [0.5, 0.6) is 0 Å². The fraction of sp³-hybridized carbons (Fsp3) is 0.0667. The molecule has 1 amide bonds. The lowest BCUT2D eigenvalue weighted by molar-refractivity contribution is 0.0695. The van der Waals surface area contributed by atoms with Crippen LogP contribution in [0.15, 0.2) is 34.6 Å². The van der Waals surface area contributed by atoms with Crippen molar-refractivity contribution in [3.63, 3.8) is 0 Å². The first-order valence-corrected chi connectivity index (χ1v) is 7.98. The molecule has 0 unspecified atom stereocenters. The van der Waals surface area contributed by atoms with Gasteiger partial charge in [-0.25, -0.2) is 9.78 Å². The van der Waals surface area contributed by atoms with Crippen molar-refractivity contribution in [2.24, 2.45) is 0 Å². The van der Waals surface area contributed by atoms with Gasteiger partial charge in [0, 0.05) is 28.5 Å². The van der Waals surface area contributed by atoms with E-state index in [-0.39, 0.29) is 18.0 Å². The second-order valence-corrected chi connectivity index (χ2v) is 6.20. The molecule has 0 fully saturated rings. The quantitative estimate of drug-likeness (QED) is 0.658. The largest absolute Gasteiger partial charge is 0.477 e. The van der Waals surface area contributed by atoms with Crippen LogP contribution in [0, 0.1) is 0 Å². The van der Waals surface area contributed by atoms with E-state index in [2.05, 4.69) is 15.3 Å². The first-order chi connectivity index (χ1) is 11.5. The maximum absolute atomic E-state index is 12.0. The molecule has 7 nitrogen and oxygen atoms in total. The number of amides is 1. The first kappa shape index (κ1) is 16.2. The summed E-state index contributed by atoms with van der Waals surface area (Å²) in [7, 11) is 0. The van der Waals surface area contributed by atoms with Gasteiger partial charge in [0.05, 0.1) is 5.52 Å². The molecule has 0 aliphatic carbocycles. The molecule has 0 bridgehead atoms. The van der Waals surface area contributed by atoms with Crippen LogP contribution in [0.1, 0.15) is 25.7 Å².